The number of hydrogen-bond donors (Lipinski definition) is 2. The van der Waals surface area contributed by atoms with E-state index in [2.05, 4.69) is 10.6 Å². The van der Waals surface area contributed by atoms with Crippen molar-refractivity contribution in [2.24, 2.45) is 5.92 Å². The topological polar surface area (TPSA) is 78.5 Å². The average Bonchev–Trinajstić information content (AvgIpc) is 2.46. The van der Waals surface area contributed by atoms with E-state index in [0.29, 0.717) is 31.1 Å². The highest BCUT2D eigenvalue weighted by atomic mass is 32.2. The van der Waals surface area contributed by atoms with Gasteiger partial charge in [-0.15, -0.1) is 0 Å². The second-order valence-electron chi connectivity index (χ2n) is 5.80. The minimum Gasteiger partial charge on any atom is -0.352 e. The van der Waals surface area contributed by atoms with Gasteiger partial charge in [0, 0.05) is 44.2 Å². The second-order valence-corrected chi connectivity index (χ2v) is 7.74. The highest BCUT2D eigenvalue weighted by Crippen LogP contribution is 2.19. The molecule has 1 aliphatic heterocycles. The Morgan fingerprint density at radius 3 is 2.48 bits per heavy atom. The summed E-state index contributed by atoms with van der Waals surface area (Å²) in [5.41, 5.74) is 1.19. The van der Waals surface area contributed by atoms with Gasteiger partial charge in [-0.05, 0) is 24.6 Å². The van der Waals surface area contributed by atoms with Crippen LogP contribution in [0.25, 0.3) is 0 Å². The molecule has 7 heteroatoms. The maximum Gasteiger partial charge on any atom is 0.251 e. The first-order valence-electron chi connectivity index (χ1n) is 7.99. The molecule has 0 radical (unpaired) electrons. The Morgan fingerprint density at radius 1 is 1.30 bits per heavy atom. The van der Waals surface area contributed by atoms with Crippen LogP contribution in [0.4, 0.5) is 0 Å². The number of nitrogens with one attached hydrogen (secondary N) is 2. The van der Waals surface area contributed by atoms with E-state index in [4.69, 9.17) is 0 Å². The molecule has 6 nitrogen and oxygen atoms in total. The van der Waals surface area contributed by atoms with Crippen LogP contribution >= 0.6 is 0 Å². The molecule has 0 aromatic heterocycles. The minimum absolute atomic E-state index is 0.169. The molecule has 0 bridgehead atoms. The Balaban J connectivity index is 2.22. The molecule has 1 aromatic rings. The van der Waals surface area contributed by atoms with Crippen LogP contribution in [0.15, 0.2) is 23.1 Å². The molecule has 128 valence electrons. The molecule has 0 unspecified atom stereocenters. The maximum absolute atomic E-state index is 12.6. The molecule has 1 saturated heterocycles. The minimum atomic E-state index is -3.56. The maximum atomic E-state index is 12.6. The standard InChI is InChI=1S/C16H25N3O3S/c1-4-19(5-2)23(21,22)14-7-6-12(3)15(8-14)16(20)18-11-13-9-17-10-13/h6-8,13,17H,4-5,9-11H2,1-3H3,(H,18,20). The van der Waals surface area contributed by atoms with E-state index in [-0.39, 0.29) is 10.8 Å². The van der Waals surface area contributed by atoms with Crippen molar-refractivity contribution in [1.29, 1.82) is 0 Å². The smallest absolute Gasteiger partial charge is 0.251 e. The van der Waals surface area contributed by atoms with Crippen molar-refractivity contribution >= 4 is 15.9 Å². The molecule has 1 aromatic carbocycles. The Bertz CT molecular complexity index is 665. The van der Waals surface area contributed by atoms with Crippen molar-refractivity contribution in [2.75, 3.05) is 32.7 Å². The van der Waals surface area contributed by atoms with Gasteiger partial charge in [0.15, 0.2) is 0 Å². The van der Waals surface area contributed by atoms with Crippen LogP contribution in [0.3, 0.4) is 0 Å². The lowest BCUT2D eigenvalue weighted by molar-refractivity contribution is 0.0941. The summed E-state index contributed by atoms with van der Waals surface area (Å²) in [5.74, 6) is 0.243. The van der Waals surface area contributed by atoms with Crippen LogP contribution in [0.5, 0.6) is 0 Å². The highest BCUT2D eigenvalue weighted by Gasteiger charge is 2.24. The number of sulfonamides is 1. The summed E-state index contributed by atoms with van der Waals surface area (Å²) in [7, 11) is -3.56. The predicted octanol–water partition coefficient (Wildman–Crippen LogP) is 0.975. The van der Waals surface area contributed by atoms with Gasteiger partial charge in [-0.25, -0.2) is 8.42 Å². The van der Waals surface area contributed by atoms with Gasteiger partial charge in [-0.1, -0.05) is 19.9 Å². The predicted molar refractivity (Wildman–Crippen MR) is 90.0 cm³/mol. The lowest BCUT2D eigenvalue weighted by Crippen LogP contribution is -2.48. The molecule has 2 rings (SSSR count). The van der Waals surface area contributed by atoms with Gasteiger partial charge in [-0.2, -0.15) is 4.31 Å². The molecule has 23 heavy (non-hydrogen) atoms. The van der Waals surface area contributed by atoms with Crippen LogP contribution in [-0.4, -0.2) is 51.4 Å². The van der Waals surface area contributed by atoms with Crippen molar-refractivity contribution in [1.82, 2.24) is 14.9 Å². The molecule has 1 amide bonds. The third-order valence-electron chi connectivity index (χ3n) is 4.21. The summed E-state index contributed by atoms with van der Waals surface area (Å²) < 4.78 is 26.6. The number of carbonyl (C=O) groups excluding carboxylic acids is 1. The number of benzene rings is 1. The number of carbonyl (C=O) groups is 1. The van der Waals surface area contributed by atoms with Crippen molar-refractivity contribution in [3.05, 3.63) is 29.3 Å². The molecule has 0 spiro atoms. The number of rotatable bonds is 7. The SMILES string of the molecule is CCN(CC)S(=O)(=O)c1ccc(C)c(C(=O)NCC2CNC2)c1. The van der Waals surface area contributed by atoms with Crippen LogP contribution in [0.2, 0.25) is 0 Å². The Kier molecular flexibility index (Phi) is 5.78. The lowest BCUT2D eigenvalue weighted by atomic mass is 10.0. The van der Waals surface area contributed by atoms with Crippen molar-refractivity contribution in [3.63, 3.8) is 0 Å². The van der Waals surface area contributed by atoms with Gasteiger partial charge in [0.2, 0.25) is 10.0 Å². The van der Waals surface area contributed by atoms with Gasteiger partial charge >= 0.3 is 0 Å². The van der Waals surface area contributed by atoms with Crippen molar-refractivity contribution in [2.45, 2.75) is 25.7 Å². The van der Waals surface area contributed by atoms with Crippen LogP contribution in [0, 0.1) is 12.8 Å². The number of hydrogen-bond acceptors (Lipinski definition) is 4. The zero-order valence-electron chi connectivity index (χ0n) is 13.9. The molecule has 0 atom stereocenters. The third kappa shape index (κ3) is 3.91. The Labute approximate surface area is 138 Å². The largest absolute Gasteiger partial charge is 0.352 e. The first-order chi connectivity index (χ1) is 10.9. The fourth-order valence-electron chi connectivity index (χ4n) is 2.54. The average molecular weight is 339 g/mol. The van der Waals surface area contributed by atoms with Gasteiger partial charge < -0.3 is 10.6 Å². The second kappa shape index (κ2) is 7.42. The molecule has 2 N–H and O–H groups in total. The summed E-state index contributed by atoms with van der Waals surface area (Å²) in [4.78, 5) is 12.5. The van der Waals surface area contributed by atoms with Gasteiger partial charge in [-0.3, -0.25) is 4.79 Å². The number of aryl methyl sites for hydroxylation is 1. The van der Waals surface area contributed by atoms with Crippen molar-refractivity contribution in [3.8, 4) is 0 Å². The fourth-order valence-corrected chi connectivity index (χ4v) is 4.03. The van der Waals surface area contributed by atoms with E-state index >= 15 is 0 Å². The zero-order valence-corrected chi connectivity index (χ0v) is 14.7. The Morgan fingerprint density at radius 2 is 1.96 bits per heavy atom. The highest BCUT2D eigenvalue weighted by molar-refractivity contribution is 7.89. The van der Waals surface area contributed by atoms with Gasteiger partial charge in [0.1, 0.15) is 0 Å². The Hall–Kier alpha value is -1.44. The first kappa shape index (κ1) is 17.9. The quantitative estimate of drug-likeness (QED) is 0.776. The van der Waals surface area contributed by atoms with Crippen LogP contribution in [0.1, 0.15) is 29.8 Å². The summed E-state index contributed by atoms with van der Waals surface area (Å²) in [6, 6.07) is 4.74. The molecular formula is C16H25N3O3S. The molecule has 1 heterocycles. The fraction of sp³-hybridized carbons (Fsp3) is 0.562. The van der Waals surface area contributed by atoms with Crippen LogP contribution < -0.4 is 10.6 Å². The van der Waals surface area contributed by atoms with E-state index in [1.165, 1.54) is 10.4 Å². The van der Waals surface area contributed by atoms with Gasteiger partial charge in [0.05, 0.1) is 4.90 Å². The van der Waals surface area contributed by atoms with E-state index in [1.54, 1.807) is 26.0 Å². The monoisotopic (exact) mass is 339 g/mol. The lowest BCUT2D eigenvalue weighted by Gasteiger charge is -2.27. The van der Waals surface area contributed by atoms with Crippen molar-refractivity contribution < 1.29 is 13.2 Å². The van der Waals surface area contributed by atoms with E-state index in [9.17, 15) is 13.2 Å². The molecular weight excluding hydrogens is 314 g/mol. The number of amides is 1. The number of nitrogens with zero attached hydrogens (tertiary/aromatic N) is 1. The van der Waals surface area contributed by atoms with Gasteiger partial charge in [0.25, 0.3) is 5.91 Å². The summed E-state index contributed by atoms with van der Waals surface area (Å²) in [6.45, 7) is 8.66. The van der Waals surface area contributed by atoms with E-state index < -0.39 is 10.0 Å². The molecule has 1 aliphatic rings. The zero-order chi connectivity index (χ0) is 17.0. The molecule has 0 aliphatic carbocycles. The first-order valence-corrected chi connectivity index (χ1v) is 9.43. The van der Waals surface area contributed by atoms with E-state index in [0.717, 1.165) is 18.7 Å². The molecule has 0 saturated carbocycles. The third-order valence-corrected chi connectivity index (χ3v) is 6.26. The normalized spacial score (nSPS) is 15.5. The van der Waals surface area contributed by atoms with Crippen LogP contribution in [-0.2, 0) is 10.0 Å². The summed E-state index contributed by atoms with van der Waals surface area (Å²) >= 11 is 0. The summed E-state index contributed by atoms with van der Waals surface area (Å²) in [5, 5.41) is 6.04. The molecule has 1 fully saturated rings. The van der Waals surface area contributed by atoms with E-state index in [1.807, 2.05) is 6.92 Å². The summed E-state index contributed by atoms with van der Waals surface area (Å²) in [6.07, 6.45) is 0.